The van der Waals surface area contributed by atoms with Crippen molar-refractivity contribution in [3.63, 3.8) is 0 Å². The van der Waals surface area contributed by atoms with Gasteiger partial charge in [-0.2, -0.15) is 0 Å². The van der Waals surface area contributed by atoms with E-state index >= 15 is 0 Å². The summed E-state index contributed by atoms with van der Waals surface area (Å²) in [6.45, 7) is 10.4. The Labute approximate surface area is 172 Å². The molecular weight excluding hydrogens is 362 g/mol. The minimum atomic E-state index is -0.332. The molecule has 5 nitrogen and oxygen atoms in total. The molecule has 2 aliphatic heterocycles. The second kappa shape index (κ2) is 8.09. The molecule has 2 aromatic rings. The van der Waals surface area contributed by atoms with Gasteiger partial charge in [-0.05, 0) is 37.5 Å². The van der Waals surface area contributed by atoms with E-state index in [1.54, 1.807) is 0 Å². The number of hydrogen-bond acceptors (Lipinski definition) is 4. The quantitative estimate of drug-likeness (QED) is 0.752. The molecule has 2 fully saturated rings. The Bertz CT molecular complexity index is 894. The van der Waals surface area contributed by atoms with Crippen molar-refractivity contribution in [3.05, 3.63) is 64.7 Å². The van der Waals surface area contributed by atoms with Crippen LogP contribution in [-0.4, -0.2) is 53.8 Å². The molecule has 2 heterocycles. The first kappa shape index (κ1) is 19.8. The first-order valence-electron chi connectivity index (χ1n) is 10.4. The topological polar surface area (TPSA) is 43.9 Å². The normalized spacial score (nSPS) is 21.2. The van der Waals surface area contributed by atoms with E-state index in [0.29, 0.717) is 0 Å². The van der Waals surface area contributed by atoms with Gasteiger partial charge >= 0.3 is 0 Å². The molecule has 0 saturated carbocycles. The van der Waals surface area contributed by atoms with Crippen molar-refractivity contribution in [3.8, 4) is 0 Å². The molecule has 2 aromatic carbocycles. The van der Waals surface area contributed by atoms with Crippen molar-refractivity contribution in [1.29, 1.82) is 0 Å². The summed E-state index contributed by atoms with van der Waals surface area (Å²) in [5, 5.41) is 0. The molecule has 1 atom stereocenters. The highest BCUT2D eigenvalue weighted by molar-refractivity contribution is 6.23. The molecule has 0 radical (unpaired) electrons. The van der Waals surface area contributed by atoms with E-state index in [4.69, 9.17) is 0 Å². The van der Waals surface area contributed by atoms with Gasteiger partial charge in [0, 0.05) is 32.7 Å². The van der Waals surface area contributed by atoms with Gasteiger partial charge in [-0.15, -0.1) is 0 Å². The molecule has 2 aliphatic rings. The molecule has 152 valence electrons. The molecule has 0 bridgehead atoms. The van der Waals surface area contributed by atoms with E-state index < -0.39 is 0 Å². The largest absolute Gasteiger partial charge is 0.297 e. The number of imide groups is 1. The summed E-state index contributed by atoms with van der Waals surface area (Å²) < 4.78 is 0. The fourth-order valence-electron chi connectivity index (χ4n) is 4.74. The Morgan fingerprint density at radius 3 is 2.14 bits per heavy atom. The van der Waals surface area contributed by atoms with Gasteiger partial charge in [0.05, 0.1) is 18.2 Å². The lowest BCUT2D eigenvalue weighted by molar-refractivity contribution is -0.123. The van der Waals surface area contributed by atoms with Crippen LogP contribution in [0.4, 0.5) is 5.69 Å². The van der Waals surface area contributed by atoms with Crippen molar-refractivity contribution >= 4 is 17.5 Å². The number of anilines is 1. The third kappa shape index (κ3) is 3.98. The fraction of sp³-hybridized carbons (Fsp3) is 0.417. The lowest BCUT2D eigenvalue weighted by Gasteiger charge is -2.37. The van der Waals surface area contributed by atoms with Crippen LogP contribution >= 0.6 is 0 Å². The summed E-state index contributed by atoms with van der Waals surface area (Å²) in [6.07, 6.45) is 0.282. The first-order chi connectivity index (χ1) is 13.9. The van der Waals surface area contributed by atoms with Gasteiger partial charge in [-0.3, -0.25) is 19.4 Å². The lowest BCUT2D eigenvalue weighted by Crippen LogP contribution is -2.52. The van der Waals surface area contributed by atoms with E-state index in [2.05, 4.69) is 34.1 Å². The average Bonchev–Trinajstić information content (AvgIpc) is 2.97. The summed E-state index contributed by atoms with van der Waals surface area (Å²) in [5.74, 6) is -0.150. The third-order valence-electron chi connectivity index (χ3n) is 6.08. The molecule has 2 amide bonds. The van der Waals surface area contributed by atoms with Crippen LogP contribution < -0.4 is 4.90 Å². The van der Waals surface area contributed by atoms with E-state index in [1.807, 2.05) is 39.0 Å². The summed E-state index contributed by atoms with van der Waals surface area (Å²) in [7, 11) is 0. The fourth-order valence-corrected chi connectivity index (χ4v) is 4.74. The predicted octanol–water partition coefficient (Wildman–Crippen LogP) is 3.06. The molecule has 0 spiro atoms. The summed E-state index contributed by atoms with van der Waals surface area (Å²) in [4.78, 5) is 32.1. The average molecular weight is 392 g/mol. The molecular formula is C24H29N3O2. The second-order valence-corrected chi connectivity index (χ2v) is 8.33. The van der Waals surface area contributed by atoms with Gasteiger partial charge in [0.25, 0.3) is 5.91 Å². The number of piperazine rings is 1. The molecule has 2 saturated heterocycles. The SMILES string of the molecule is Cc1cc(C)c(N2C(=O)CC(N3CCN(Cc4ccccc4)CC3)C2=O)c(C)c1. The highest BCUT2D eigenvalue weighted by Crippen LogP contribution is 2.32. The summed E-state index contributed by atoms with van der Waals surface area (Å²) >= 11 is 0. The second-order valence-electron chi connectivity index (χ2n) is 8.33. The minimum absolute atomic E-state index is 0.0680. The molecule has 1 unspecified atom stereocenters. The molecule has 4 rings (SSSR count). The Kier molecular flexibility index (Phi) is 5.52. The Balaban J connectivity index is 1.44. The maximum Gasteiger partial charge on any atom is 0.251 e. The standard InChI is InChI=1S/C24H29N3O2/c1-17-13-18(2)23(19(3)14-17)27-22(28)15-21(24(27)29)26-11-9-25(10-12-26)16-20-7-5-4-6-8-20/h4-8,13-14,21H,9-12,15-16H2,1-3H3. The van der Waals surface area contributed by atoms with E-state index in [0.717, 1.165) is 55.1 Å². The number of nitrogens with zero attached hydrogens (tertiary/aromatic N) is 3. The van der Waals surface area contributed by atoms with Crippen molar-refractivity contribution in [1.82, 2.24) is 9.80 Å². The Hall–Kier alpha value is -2.50. The number of rotatable bonds is 4. The van der Waals surface area contributed by atoms with E-state index in [-0.39, 0.29) is 24.3 Å². The first-order valence-corrected chi connectivity index (χ1v) is 10.4. The van der Waals surface area contributed by atoms with E-state index in [1.165, 1.54) is 10.5 Å². The van der Waals surface area contributed by atoms with Gasteiger partial charge in [0.1, 0.15) is 0 Å². The molecule has 0 aliphatic carbocycles. The number of carbonyl (C=O) groups is 2. The smallest absolute Gasteiger partial charge is 0.251 e. The number of benzene rings is 2. The van der Waals surface area contributed by atoms with Gasteiger partial charge < -0.3 is 0 Å². The van der Waals surface area contributed by atoms with Crippen molar-refractivity contribution < 1.29 is 9.59 Å². The van der Waals surface area contributed by atoms with Crippen LogP contribution in [0.1, 0.15) is 28.7 Å². The minimum Gasteiger partial charge on any atom is -0.297 e. The number of aryl methyl sites for hydroxylation is 3. The van der Waals surface area contributed by atoms with Crippen LogP contribution in [0.15, 0.2) is 42.5 Å². The van der Waals surface area contributed by atoms with Crippen LogP contribution in [0, 0.1) is 20.8 Å². The molecule has 0 aromatic heterocycles. The zero-order valence-corrected chi connectivity index (χ0v) is 17.5. The van der Waals surface area contributed by atoms with Gasteiger partial charge in [0.15, 0.2) is 0 Å². The van der Waals surface area contributed by atoms with Gasteiger partial charge in [-0.1, -0.05) is 48.0 Å². The summed E-state index contributed by atoms with van der Waals surface area (Å²) in [6, 6.07) is 14.2. The molecule has 0 N–H and O–H groups in total. The summed E-state index contributed by atoms with van der Waals surface area (Å²) in [5.41, 5.74) is 5.20. The maximum absolute atomic E-state index is 13.2. The molecule has 5 heteroatoms. The van der Waals surface area contributed by atoms with Gasteiger partial charge in [0.2, 0.25) is 5.91 Å². The van der Waals surface area contributed by atoms with Crippen molar-refractivity contribution in [2.45, 2.75) is 39.8 Å². The lowest BCUT2D eigenvalue weighted by atomic mass is 10.0. The monoisotopic (exact) mass is 391 g/mol. The van der Waals surface area contributed by atoms with Crippen LogP contribution in [0.5, 0.6) is 0 Å². The Morgan fingerprint density at radius 1 is 0.897 bits per heavy atom. The highest BCUT2D eigenvalue weighted by Gasteiger charge is 2.44. The number of hydrogen-bond donors (Lipinski definition) is 0. The number of carbonyl (C=O) groups excluding carboxylic acids is 2. The van der Waals surface area contributed by atoms with Crippen LogP contribution in [0.2, 0.25) is 0 Å². The zero-order valence-electron chi connectivity index (χ0n) is 17.5. The predicted molar refractivity (Wildman–Crippen MR) is 115 cm³/mol. The van der Waals surface area contributed by atoms with Crippen LogP contribution in [0.25, 0.3) is 0 Å². The van der Waals surface area contributed by atoms with Gasteiger partial charge in [-0.25, -0.2) is 4.90 Å². The van der Waals surface area contributed by atoms with Crippen molar-refractivity contribution in [2.75, 3.05) is 31.1 Å². The Morgan fingerprint density at radius 2 is 1.52 bits per heavy atom. The van der Waals surface area contributed by atoms with Crippen LogP contribution in [-0.2, 0) is 16.1 Å². The maximum atomic E-state index is 13.2. The zero-order chi connectivity index (χ0) is 20.5. The number of amides is 2. The third-order valence-corrected chi connectivity index (χ3v) is 6.08. The highest BCUT2D eigenvalue weighted by atomic mass is 16.2. The van der Waals surface area contributed by atoms with E-state index in [9.17, 15) is 9.59 Å². The van der Waals surface area contributed by atoms with Crippen molar-refractivity contribution in [2.24, 2.45) is 0 Å². The molecule has 29 heavy (non-hydrogen) atoms. The van der Waals surface area contributed by atoms with Crippen LogP contribution in [0.3, 0.4) is 0 Å².